The zero-order valence-electron chi connectivity index (χ0n) is 12.0. The lowest BCUT2D eigenvalue weighted by Gasteiger charge is -2.34. The number of methoxy groups -OCH3 is 1. The van der Waals surface area contributed by atoms with Crippen molar-refractivity contribution in [3.05, 3.63) is 35.4 Å². The molecule has 21 heavy (non-hydrogen) atoms. The SMILES string of the molecule is COCCN1C(=O)CCCC(N)C1c1ccc(F)cc1F. The molecular weight excluding hydrogens is 278 g/mol. The number of carbonyl (C=O) groups excluding carboxylic acids is 1. The second-order valence-electron chi connectivity index (χ2n) is 5.25. The van der Waals surface area contributed by atoms with Crippen molar-refractivity contribution in [1.29, 1.82) is 0 Å². The molecule has 1 amide bonds. The predicted molar refractivity (Wildman–Crippen MR) is 74.5 cm³/mol. The van der Waals surface area contributed by atoms with Crippen LogP contribution in [0.4, 0.5) is 8.78 Å². The Kier molecular flexibility index (Phi) is 5.25. The van der Waals surface area contributed by atoms with E-state index < -0.39 is 17.7 Å². The average Bonchev–Trinajstić information content (AvgIpc) is 2.56. The quantitative estimate of drug-likeness (QED) is 0.925. The summed E-state index contributed by atoms with van der Waals surface area (Å²) < 4.78 is 32.2. The van der Waals surface area contributed by atoms with E-state index in [1.807, 2.05) is 0 Å². The van der Waals surface area contributed by atoms with Crippen molar-refractivity contribution in [2.75, 3.05) is 20.3 Å². The summed E-state index contributed by atoms with van der Waals surface area (Å²) in [6, 6.07) is 2.41. The van der Waals surface area contributed by atoms with Gasteiger partial charge in [0.1, 0.15) is 11.6 Å². The number of nitrogens with zero attached hydrogens (tertiary/aromatic N) is 1. The molecular formula is C15H20F2N2O2. The van der Waals surface area contributed by atoms with Gasteiger partial charge >= 0.3 is 0 Å². The first-order valence-corrected chi connectivity index (χ1v) is 7.03. The van der Waals surface area contributed by atoms with Crippen LogP contribution in [0.25, 0.3) is 0 Å². The maximum absolute atomic E-state index is 14.1. The number of halogens is 2. The smallest absolute Gasteiger partial charge is 0.223 e. The van der Waals surface area contributed by atoms with E-state index >= 15 is 0 Å². The van der Waals surface area contributed by atoms with E-state index in [4.69, 9.17) is 10.5 Å². The van der Waals surface area contributed by atoms with E-state index in [1.54, 1.807) is 4.90 Å². The van der Waals surface area contributed by atoms with Crippen molar-refractivity contribution in [1.82, 2.24) is 4.90 Å². The molecule has 1 aromatic rings. The maximum atomic E-state index is 14.1. The number of hydrogen-bond donors (Lipinski definition) is 1. The van der Waals surface area contributed by atoms with Crippen LogP contribution < -0.4 is 5.73 Å². The summed E-state index contributed by atoms with van der Waals surface area (Å²) in [4.78, 5) is 13.8. The minimum atomic E-state index is -0.674. The Bertz CT molecular complexity index is 510. The van der Waals surface area contributed by atoms with E-state index in [2.05, 4.69) is 0 Å². The summed E-state index contributed by atoms with van der Waals surface area (Å²) in [5, 5.41) is 0. The van der Waals surface area contributed by atoms with Gasteiger partial charge in [-0.1, -0.05) is 6.07 Å². The van der Waals surface area contributed by atoms with Crippen LogP contribution in [0.15, 0.2) is 18.2 Å². The third-order valence-electron chi connectivity index (χ3n) is 3.81. The first-order chi connectivity index (χ1) is 10.0. The van der Waals surface area contributed by atoms with E-state index in [9.17, 15) is 13.6 Å². The molecule has 1 aliphatic heterocycles. The molecule has 0 bridgehead atoms. The molecule has 2 unspecified atom stereocenters. The molecule has 1 fully saturated rings. The van der Waals surface area contributed by atoms with Crippen LogP contribution in [0, 0.1) is 11.6 Å². The number of likely N-dealkylation sites (tertiary alicyclic amines) is 1. The molecule has 116 valence electrons. The first kappa shape index (κ1) is 15.9. The largest absolute Gasteiger partial charge is 0.383 e. The van der Waals surface area contributed by atoms with Crippen LogP contribution in [-0.4, -0.2) is 37.1 Å². The zero-order valence-corrected chi connectivity index (χ0v) is 12.0. The monoisotopic (exact) mass is 298 g/mol. The summed E-state index contributed by atoms with van der Waals surface area (Å²) in [7, 11) is 1.54. The van der Waals surface area contributed by atoms with Gasteiger partial charge in [0.15, 0.2) is 0 Å². The van der Waals surface area contributed by atoms with Gasteiger partial charge in [-0.25, -0.2) is 8.78 Å². The van der Waals surface area contributed by atoms with Gasteiger partial charge in [0, 0.05) is 37.7 Å². The lowest BCUT2D eigenvalue weighted by molar-refractivity contribution is -0.134. The number of hydrogen-bond acceptors (Lipinski definition) is 3. The first-order valence-electron chi connectivity index (χ1n) is 7.03. The van der Waals surface area contributed by atoms with Crippen molar-refractivity contribution >= 4 is 5.91 Å². The van der Waals surface area contributed by atoms with Gasteiger partial charge in [0.25, 0.3) is 0 Å². The molecule has 6 heteroatoms. The molecule has 2 rings (SSSR count). The van der Waals surface area contributed by atoms with Gasteiger partial charge in [0.2, 0.25) is 5.91 Å². The summed E-state index contributed by atoms with van der Waals surface area (Å²) >= 11 is 0. The highest BCUT2D eigenvalue weighted by atomic mass is 19.1. The summed E-state index contributed by atoms with van der Waals surface area (Å²) in [5.74, 6) is -1.39. The van der Waals surface area contributed by atoms with Crippen LogP contribution >= 0.6 is 0 Å². The fourth-order valence-corrected chi connectivity index (χ4v) is 2.77. The van der Waals surface area contributed by atoms with Gasteiger partial charge in [-0.05, 0) is 18.9 Å². The Balaban J connectivity index is 2.38. The Morgan fingerprint density at radius 3 is 2.86 bits per heavy atom. The molecule has 2 atom stereocenters. The third-order valence-corrected chi connectivity index (χ3v) is 3.81. The Hall–Kier alpha value is -1.53. The number of benzene rings is 1. The number of ether oxygens (including phenoxy) is 1. The molecule has 1 heterocycles. The molecule has 0 spiro atoms. The second kappa shape index (κ2) is 6.95. The normalized spacial score (nSPS) is 23.2. The summed E-state index contributed by atoms with van der Waals surface area (Å²) in [5.41, 5.74) is 6.41. The number of rotatable bonds is 4. The van der Waals surface area contributed by atoms with Gasteiger partial charge in [-0.2, -0.15) is 0 Å². The highest BCUT2D eigenvalue weighted by Gasteiger charge is 2.34. The van der Waals surface area contributed by atoms with Crippen LogP contribution in [0.3, 0.4) is 0 Å². The summed E-state index contributed by atoms with van der Waals surface area (Å²) in [6.07, 6.45) is 1.68. The van der Waals surface area contributed by atoms with Gasteiger partial charge in [-0.3, -0.25) is 4.79 Å². The predicted octanol–water partition coefficient (Wildman–Crippen LogP) is 1.99. The highest BCUT2D eigenvalue weighted by molar-refractivity contribution is 5.77. The standard InChI is InChI=1S/C15H20F2N2O2/c1-21-8-7-19-14(20)4-2-3-13(18)15(19)11-6-5-10(16)9-12(11)17/h5-6,9,13,15H,2-4,7-8,18H2,1H3. The van der Waals surface area contributed by atoms with Crippen LogP contribution in [0.2, 0.25) is 0 Å². The van der Waals surface area contributed by atoms with Gasteiger partial charge in [0.05, 0.1) is 12.6 Å². The lowest BCUT2D eigenvalue weighted by Crippen LogP contribution is -2.44. The molecule has 0 aliphatic carbocycles. The lowest BCUT2D eigenvalue weighted by atomic mass is 9.95. The van der Waals surface area contributed by atoms with Crippen LogP contribution in [0.5, 0.6) is 0 Å². The topological polar surface area (TPSA) is 55.6 Å². The van der Waals surface area contributed by atoms with Gasteiger partial charge in [-0.15, -0.1) is 0 Å². The average molecular weight is 298 g/mol. The Morgan fingerprint density at radius 1 is 1.43 bits per heavy atom. The Labute approximate surface area is 122 Å². The summed E-state index contributed by atoms with van der Waals surface area (Å²) in [6.45, 7) is 0.683. The van der Waals surface area contributed by atoms with Crippen molar-refractivity contribution in [3.8, 4) is 0 Å². The van der Waals surface area contributed by atoms with Gasteiger partial charge < -0.3 is 15.4 Å². The second-order valence-corrected chi connectivity index (χ2v) is 5.25. The zero-order chi connectivity index (χ0) is 15.4. The molecule has 1 aliphatic rings. The van der Waals surface area contributed by atoms with E-state index in [1.165, 1.54) is 19.2 Å². The molecule has 1 saturated heterocycles. The molecule has 0 aromatic heterocycles. The molecule has 0 saturated carbocycles. The van der Waals surface area contributed by atoms with Crippen molar-refractivity contribution in [3.63, 3.8) is 0 Å². The van der Waals surface area contributed by atoms with Crippen molar-refractivity contribution < 1.29 is 18.3 Å². The number of amides is 1. The minimum absolute atomic E-state index is 0.0753. The minimum Gasteiger partial charge on any atom is -0.383 e. The van der Waals surface area contributed by atoms with Crippen molar-refractivity contribution in [2.45, 2.75) is 31.3 Å². The molecule has 0 radical (unpaired) electrons. The Morgan fingerprint density at radius 2 is 2.19 bits per heavy atom. The third kappa shape index (κ3) is 3.57. The van der Waals surface area contributed by atoms with E-state index in [0.29, 0.717) is 32.4 Å². The van der Waals surface area contributed by atoms with E-state index in [-0.39, 0.29) is 17.5 Å². The number of carbonyl (C=O) groups is 1. The highest BCUT2D eigenvalue weighted by Crippen LogP contribution is 2.31. The molecule has 1 aromatic carbocycles. The molecule has 2 N–H and O–H groups in total. The number of nitrogens with two attached hydrogens (primary N) is 1. The van der Waals surface area contributed by atoms with Crippen LogP contribution in [-0.2, 0) is 9.53 Å². The van der Waals surface area contributed by atoms with Crippen LogP contribution in [0.1, 0.15) is 30.9 Å². The maximum Gasteiger partial charge on any atom is 0.223 e. The van der Waals surface area contributed by atoms with E-state index in [0.717, 1.165) is 6.07 Å². The van der Waals surface area contributed by atoms with Crippen molar-refractivity contribution in [2.24, 2.45) is 5.73 Å². The molecule has 4 nitrogen and oxygen atoms in total. The fraction of sp³-hybridized carbons (Fsp3) is 0.533. The fourth-order valence-electron chi connectivity index (χ4n) is 2.77.